The van der Waals surface area contributed by atoms with Crippen LogP contribution in [0.1, 0.15) is 13.8 Å². The molecule has 1 aromatic rings. The summed E-state index contributed by atoms with van der Waals surface area (Å²) in [6.45, 7) is 2.92. The predicted molar refractivity (Wildman–Crippen MR) is 66.5 cm³/mol. The standard InChI is InChI=1S/C10H10Cl2N2O2S/c1-10(2,6-13)14-17(15,16)7-3-4-8(11)9(12)5-7/h3-5,14H,1-2H3. The van der Waals surface area contributed by atoms with Crippen LogP contribution in [0.3, 0.4) is 0 Å². The van der Waals surface area contributed by atoms with E-state index in [1.165, 1.54) is 32.0 Å². The summed E-state index contributed by atoms with van der Waals surface area (Å²) >= 11 is 11.4. The predicted octanol–water partition coefficient (Wildman–Crippen LogP) is 2.57. The fraction of sp³-hybridized carbons (Fsp3) is 0.300. The van der Waals surface area contributed by atoms with E-state index >= 15 is 0 Å². The van der Waals surface area contributed by atoms with E-state index < -0.39 is 15.6 Å². The highest BCUT2D eigenvalue weighted by Crippen LogP contribution is 2.25. The zero-order chi connectivity index (χ0) is 13.3. The van der Waals surface area contributed by atoms with Crippen LogP contribution in [-0.2, 0) is 10.0 Å². The number of nitriles is 1. The second kappa shape index (κ2) is 4.83. The molecule has 0 aliphatic heterocycles. The minimum atomic E-state index is -3.78. The monoisotopic (exact) mass is 292 g/mol. The number of hydrogen-bond acceptors (Lipinski definition) is 3. The van der Waals surface area contributed by atoms with Gasteiger partial charge in [-0.05, 0) is 32.0 Å². The number of benzene rings is 1. The van der Waals surface area contributed by atoms with Gasteiger partial charge in [0.15, 0.2) is 0 Å². The zero-order valence-corrected chi connectivity index (χ0v) is 11.5. The fourth-order valence-electron chi connectivity index (χ4n) is 1.06. The third kappa shape index (κ3) is 3.58. The Bertz CT molecular complexity index is 576. The molecule has 0 aliphatic rings. The fourth-order valence-corrected chi connectivity index (χ4v) is 2.78. The Kier molecular flexibility index (Phi) is 4.05. The van der Waals surface area contributed by atoms with E-state index in [4.69, 9.17) is 28.5 Å². The molecule has 1 rings (SSSR count). The second-order valence-electron chi connectivity index (χ2n) is 3.92. The summed E-state index contributed by atoms with van der Waals surface area (Å²) in [5, 5.41) is 9.19. The van der Waals surface area contributed by atoms with Crippen molar-refractivity contribution in [3.8, 4) is 6.07 Å². The first-order valence-electron chi connectivity index (χ1n) is 4.58. The van der Waals surface area contributed by atoms with Crippen molar-refractivity contribution in [2.75, 3.05) is 0 Å². The Morgan fingerprint density at radius 1 is 1.29 bits per heavy atom. The minimum absolute atomic E-state index is 0.0322. The van der Waals surface area contributed by atoms with Gasteiger partial charge in [0.2, 0.25) is 10.0 Å². The summed E-state index contributed by atoms with van der Waals surface area (Å²) in [6.07, 6.45) is 0. The second-order valence-corrected chi connectivity index (χ2v) is 6.42. The molecular formula is C10H10Cl2N2O2S. The lowest BCUT2D eigenvalue weighted by atomic mass is 10.1. The lowest BCUT2D eigenvalue weighted by Crippen LogP contribution is -2.41. The van der Waals surface area contributed by atoms with Gasteiger partial charge in [-0.15, -0.1) is 0 Å². The van der Waals surface area contributed by atoms with Crippen molar-refractivity contribution in [3.05, 3.63) is 28.2 Å². The van der Waals surface area contributed by atoms with E-state index in [0.29, 0.717) is 0 Å². The lowest BCUT2D eigenvalue weighted by Gasteiger charge is -2.17. The summed E-state index contributed by atoms with van der Waals surface area (Å²) in [6, 6.07) is 5.79. The van der Waals surface area contributed by atoms with Gasteiger partial charge in [0, 0.05) is 0 Å². The van der Waals surface area contributed by atoms with E-state index in [-0.39, 0.29) is 14.9 Å². The lowest BCUT2D eigenvalue weighted by molar-refractivity contribution is 0.535. The number of nitrogens with zero attached hydrogens (tertiary/aromatic N) is 1. The molecule has 0 radical (unpaired) electrons. The summed E-state index contributed by atoms with van der Waals surface area (Å²) in [4.78, 5) is -0.0322. The van der Waals surface area contributed by atoms with Crippen molar-refractivity contribution < 1.29 is 8.42 Å². The number of nitrogens with one attached hydrogen (secondary N) is 1. The first-order chi connectivity index (χ1) is 7.68. The van der Waals surface area contributed by atoms with Gasteiger partial charge in [-0.3, -0.25) is 0 Å². The molecule has 0 unspecified atom stereocenters. The van der Waals surface area contributed by atoms with Gasteiger partial charge in [0.25, 0.3) is 0 Å². The highest BCUT2D eigenvalue weighted by atomic mass is 35.5. The SMILES string of the molecule is CC(C)(C#N)NS(=O)(=O)c1ccc(Cl)c(Cl)c1. The average Bonchev–Trinajstić information content (AvgIpc) is 2.20. The van der Waals surface area contributed by atoms with E-state index in [0.717, 1.165) is 0 Å². The highest BCUT2D eigenvalue weighted by Gasteiger charge is 2.26. The van der Waals surface area contributed by atoms with Gasteiger partial charge in [-0.1, -0.05) is 23.2 Å². The van der Waals surface area contributed by atoms with Crippen LogP contribution in [0.2, 0.25) is 10.0 Å². The molecule has 0 saturated heterocycles. The first kappa shape index (κ1) is 14.3. The van der Waals surface area contributed by atoms with Crippen molar-refractivity contribution >= 4 is 33.2 Å². The molecule has 7 heteroatoms. The maximum Gasteiger partial charge on any atom is 0.241 e. The van der Waals surface area contributed by atoms with E-state index in [2.05, 4.69) is 4.72 Å². The Hall–Kier alpha value is -0.800. The average molecular weight is 293 g/mol. The van der Waals surface area contributed by atoms with Crippen molar-refractivity contribution in [1.29, 1.82) is 5.26 Å². The molecule has 1 N–H and O–H groups in total. The van der Waals surface area contributed by atoms with Gasteiger partial charge in [-0.25, -0.2) is 8.42 Å². The summed E-state index contributed by atoms with van der Waals surface area (Å²) in [5.41, 5.74) is -1.19. The molecule has 0 aliphatic carbocycles. The Morgan fingerprint density at radius 3 is 2.35 bits per heavy atom. The Balaban J connectivity index is 3.16. The molecule has 0 heterocycles. The number of rotatable bonds is 3. The molecule has 0 fully saturated rings. The van der Waals surface area contributed by atoms with Crippen LogP contribution in [0, 0.1) is 11.3 Å². The summed E-state index contributed by atoms with van der Waals surface area (Å²) in [5.74, 6) is 0. The van der Waals surface area contributed by atoms with Crippen LogP contribution < -0.4 is 4.72 Å². The molecule has 0 spiro atoms. The van der Waals surface area contributed by atoms with E-state index in [1.807, 2.05) is 6.07 Å². The minimum Gasteiger partial charge on any atom is -0.207 e. The smallest absolute Gasteiger partial charge is 0.207 e. The third-order valence-electron chi connectivity index (χ3n) is 1.87. The van der Waals surface area contributed by atoms with E-state index in [1.54, 1.807) is 0 Å². The molecule has 0 atom stereocenters. The zero-order valence-electron chi connectivity index (χ0n) is 9.16. The van der Waals surface area contributed by atoms with Crippen LogP contribution in [0.15, 0.2) is 23.1 Å². The molecule has 1 aromatic carbocycles. The van der Waals surface area contributed by atoms with Crippen LogP contribution in [0.5, 0.6) is 0 Å². The molecule has 0 bridgehead atoms. The van der Waals surface area contributed by atoms with Crippen LogP contribution in [0.4, 0.5) is 0 Å². The first-order valence-corrected chi connectivity index (χ1v) is 6.82. The van der Waals surface area contributed by atoms with Crippen LogP contribution >= 0.6 is 23.2 Å². The maximum atomic E-state index is 11.9. The molecule has 92 valence electrons. The van der Waals surface area contributed by atoms with E-state index in [9.17, 15) is 8.42 Å². The number of sulfonamides is 1. The molecule has 17 heavy (non-hydrogen) atoms. The van der Waals surface area contributed by atoms with Crippen molar-refractivity contribution in [3.63, 3.8) is 0 Å². The van der Waals surface area contributed by atoms with Gasteiger partial charge in [-0.2, -0.15) is 9.98 Å². The van der Waals surface area contributed by atoms with Crippen LogP contribution in [0.25, 0.3) is 0 Å². The van der Waals surface area contributed by atoms with Crippen LogP contribution in [-0.4, -0.2) is 14.0 Å². The largest absolute Gasteiger partial charge is 0.241 e. The van der Waals surface area contributed by atoms with Gasteiger partial charge < -0.3 is 0 Å². The molecule has 0 aromatic heterocycles. The maximum absolute atomic E-state index is 11.9. The Labute approximate surface area is 110 Å². The van der Waals surface area contributed by atoms with Crippen molar-refractivity contribution in [1.82, 2.24) is 4.72 Å². The number of halogens is 2. The van der Waals surface area contributed by atoms with Gasteiger partial charge >= 0.3 is 0 Å². The highest BCUT2D eigenvalue weighted by molar-refractivity contribution is 7.89. The van der Waals surface area contributed by atoms with Gasteiger partial charge in [0.1, 0.15) is 5.54 Å². The molecular weight excluding hydrogens is 283 g/mol. The van der Waals surface area contributed by atoms with Crippen molar-refractivity contribution in [2.45, 2.75) is 24.3 Å². The third-order valence-corrected chi connectivity index (χ3v) is 4.26. The normalized spacial score (nSPS) is 12.2. The number of hydrogen-bond donors (Lipinski definition) is 1. The topological polar surface area (TPSA) is 70.0 Å². The quantitative estimate of drug-likeness (QED) is 0.931. The Morgan fingerprint density at radius 2 is 1.88 bits per heavy atom. The summed E-state index contributed by atoms with van der Waals surface area (Å²) in [7, 11) is -3.78. The van der Waals surface area contributed by atoms with Crippen molar-refractivity contribution in [2.24, 2.45) is 0 Å². The molecule has 0 saturated carbocycles. The molecule has 4 nitrogen and oxygen atoms in total. The molecule has 0 amide bonds. The van der Waals surface area contributed by atoms with Gasteiger partial charge in [0.05, 0.1) is 21.0 Å². The summed E-state index contributed by atoms with van der Waals surface area (Å²) < 4.78 is 26.1.